The topological polar surface area (TPSA) is 63.4 Å². The van der Waals surface area contributed by atoms with Crippen molar-refractivity contribution in [3.05, 3.63) is 70.8 Å². The highest BCUT2D eigenvalue weighted by atomic mass is 16.2. The number of carbonyl (C=O) groups is 2. The van der Waals surface area contributed by atoms with Crippen molar-refractivity contribution in [3.63, 3.8) is 0 Å². The summed E-state index contributed by atoms with van der Waals surface area (Å²) in [5, 5.41) is 0. The Hall–Kier alpha value is -2.46. The summed E-state index contributed by atoms with van der Waals surface area (Å²) < 4.78 is 0. The zero-order valence-corrected chi connectivity index (χ0v) is 17.0. The number of aryl methyl sites for hydroxylation is 2. The number of nitrogens with two attached hydrogens (primary N) is 1. The van der Waals surface area contributed by atoms with E-state index in [1.807, 2.05) is 35.2 Å². The second-order valence-electron chi connectivity index (χ2n) is 8.43. The molecule has 0 radical (unpaired) electrons. The fraction of sp³-hybridized carbons (Fsp3) is 0.440. The number of rotatable bonds is 6. The van der Waals surface area contributed by atoms with Gasteiger partial charge in [-0.3, -0.25) is 9.59 Å². The first-order valence-corrected chi connectivity index (χ1v) is 10.8. The van der Waals surface area contributed by atoms with Gasteiger partial charge in [0.25, 0.3) is 0 Å². The molecule has 1 aliphatic heterocycles. The molecule has 0 aromatic heterocycles. The van der Waals surface area contributed by atoms with E-state index in [1.54, 1.807) is 0 Å². The molecular weight excluding hydrogens is 360 g/mol. The van der Waals surface area contributed by atoms with Gasteiger partial charge in [0.2, 0.25) is 5.91 Å². The summed E-state index contributed by atoms with van der Waals surface area (Å²) in [6, 6.07) is 16.4. The lowest BCUT2D eigenvalue weighted by Gasteiger charge is -2.17. The minimum Gasteiger partial charge on any atom is -0.342 e. The molecule has 1 fully saturated rings. The van der Waals surface area contributed by atoms with Crippen LogP contribution >= 0.6 is 0 Å². The van der Waals surface area contributed by atoms with E-state index >= 15 is 0 Å². The van der Waals surface area contributed by atoms with E-state index in [2.05, 4.69) is 18.2 Å². The Morgan fingerprint density at radius 1 is 0.931 bits per heavy atom. The molecule has 0 unspecified atom stereocenters. The molecule has 1 saturated heterocycles. The van der Waals surface area contributed by atoms with Crippen LogP contribution in [0, 0.1) is 5.92 Å². The molecule has 4 nitrogen and oxygen atoms in total. The van der Waals surface area contributed by atoms with Crippen LogP contribution < -0.4 is 5.73 Å². The summed E-state index contributed by atoms with van der Waals surface area (Å²) >= 11 is 0. The zero-order valence-electron chi connectivity index (χ0n) is 17.0. The maximum absolute atomic E-state index is 12.8. The standard InChI is InChI=1S/C25H30N2O2/c26-15-22-16-27(17-23(22)19-7-2-1-3-8-19)25(29)13-12-24(28)21-11-10-18-6-4-5-9-20(18)14-21/h1-3,7-8,10-11,14,22-23H,4-6,9,12-13,15-17,26H2/t22-,23+/m1/s1. The number of Topliss-reactive ketones (excluding diaryl/α,β-unsaturated/α-hetero) is 1. The number of nitrogens with zero attached hydrogens (tertiary/aromatic N) is 1. The van der Waals surface area contributed by atoms with Crippen molar-refractivity contribution in [2.45, 2.75) is 44.4 Å². The first-order valence-electron chi connectivity index (χ1n) is 10.8. The SMILES string of the molecule is NC[C@@H]1CN(C(=O)CCC(=O)c2ccc3c(c2)CCCC3)C[C@H]1c1ccccc1. The van der Waals surface area contributed by atoms with Crippen LogP contribution in [-0.4, -0.2) is 36.2 Å². The van der Waals surface area contributed by atoms with Crippen LogP contribution in [0.15, 0.2) is 48.5 Å². The second kappa shape index (κ2) is 8.91. The van der Waals surface area contributed by atoms with Crippen molar-refractivity contribution in [1.82, 2.24) is 4.90 Å². The molecule has 1 heterocycles. The number of benzene rings is 2. The average molecular weight is 391 g/mol. The molecule has 152 valence electrons. The van der Waals surface area contributed by atoms with Gasteiger partial charge in [-0.05, 0) is 60.9 Å². The fourth-order valence-corrected chi connectivity index (χ4v) is 4.82. The molecule has 4 rings (SSSR count). The maximum atomic E-state index is 12.8. The first kappa shape index (κ1) is 19.8. The summed E-state index contributed by atoms with van der Waals surface area (Å²) in [6.45, 7) is 1.94. The van der Waals surface area contributed by atoms with E-state index in [0.29, 0.717) is 19.6 Å². The molecule has 2 atom stereocenters. The Bertz CT molecular complexity index is 878. The van der Waals surface area contributed by atoms with Crippen molar-refractivity contribution >= 4 is 11.7 Å². The third kappa shape index (κ3) is 4.43. The van der Waals surface area contributed by atoms with Crippen LogP contribution in [-0.2, 0) is 17.6 Å². The predicted octanol–water partition coefficient (Wildman–Crippen LogP) is 3.73. The summed E-state index contributed by atoms with van der Waals surface area (Å²) in [5.41, 5.74) is 10.7. The Morgan fingerprint density at radius 2 is 1.69 bits per heavy atom. The Labute approximate surface area is 173 Å². The third-order valence-electron chi connectivity index (χ3n) is 6.56. The summed E-state index contributed by atoms with van der Waals surface area (Å²) in [5.74, 6) is 0.688. The van der Waals surface area contributed by atoms with Gasteiger partial charge >= 0.3 is 0 Å². The van der Waals surface area contributed by atoms with Gasteiger partial charge in [0, 0.05) is 37.4 Å². The molecule has 29 heavy (non-hydrogen) atoms. The van der Waals surface area contributed by atoms with Crippen LogP contribution in [0.4, 0.5) is 0 Å². The monoisotopic (exact) mass is 390 g/mol. The number of ketones is 1. The van der Waals surface area contributed by atoms with Crippen LogP contribution in [0.2, 0.25) is 0 Å². The fourth-order valence-electron chi connectivity index (χ4n) is 4.82. The van der Waals surface area contributed by atoms with Crippen molar-refractivity contribution in [2.24, 2.45) is 11.7 Å². The van der Waals surface area contributed by atoms with Gasteiger partial charge in [-0.2, -0.15) is 0 Å². The van der Waals surface area contributed by atoms with E-state index in [-0.39, 0.29) is 36.4 Å². The van der Waals surface area contributed by atoms with Crippen LogP contribution in [0.1, 0.15) is 58.6 Å². The van der Waals surface area contributed by atoms with Gasteiger partial charge in [-0.25, -0.2) is 0 Å². The molecule has 1 aliphatic carbocycles. The molecule has 1 amide bonds. The lowest BCUT2D eigenvalue weighted by molar-refractivity contribution is -0.130. The van der Waals surface area contributed by atoms with E-state index < -0.39 is 0 Å². The van der Waals surface area contributed by atoms with E-state index in [4.69, 9.17) is 5.73 Å². The van der Waals surface area contributed by atoms with Gasteiger partial charge in [0.05, 0.1) is 0 Å². The smallest absolute Gasteiger partial charge is 0.223 e. The molecule has 4 heteroatoms. The number of hydrogen-bond donors (Lipinski definition) is 1. The van der Waals surface area contributed by atoms with E-state index in [0.717, 1.165) is 18.4 Å². The number of hydrogen-bond acceptors (Lipinski definition) is 3. The summed E-state index contributed by atoms with van der Waals surface area (Å²) in [4.78, 5) is 27.3. The average Bonchev–Trinajstić information content (AvgIpc) is 3.22. The Balaban J connectivity index is 1.35. The maximum Gasteiger partial charge on any atom is 0.223 e. The molecule has 0 spiro atoms. The second-order valence-corrected chi connectivity index (χ2v) is 8.43. The van der Waals surface area contributed by atoms with Gasteiger partial charge in [-0.1, -0.05) is 42.5 Å². The van der Waals surface area contributed by atoms with E-state index in [1.165, 1.54) is 29.5 Å². The number of likely N-dealkylation sites (tertiary alicyclic amines) is 1. The molecule has 2 aliphatic rings. The van der Waals surface area contributed by atoms with Gasteiger partial charge in [0.15, 0.2) is 5.78 Å². The van der Waals surface area contributed by atoms with Gasteiger partial charge < -0.3 is 10.6 Å². The van der Waals surface area contributed by atoms with Gasteiger partial charge in [-0.15, -0.1) is 0 Å². The highest BCUT2D eigenvalue weighted by Gasteiger charge is 2.35. The predicted molar refractivity (Wildman–Crippen MR) is 115 cm³/mol. The highest BCUT2D eigenvalue weighted by molar-refractivity contribution is 5.98. The van der Waals surface area contributed by atoms with Crippen molar-refractivity contribution in [3.8, 4) is 0 Å². The van der Waals surface area contributed by atoms with Crippen LogP contribution in [0.25, 0.3) is 0 Å². The van der Waals surface area contributed by atoms with E-state index in [9.17, 15) is 9.59 Å². The largest absolute Gasteiger partial charge is 0.342 e. The van der Waals surface area contributed by atoms with Crippen molar-refractivity contribution in [1.29, 1.82) is 0 Å². The van der Waals surface area contributed by atoms with Crippen molar-refractivity contribution in [2.75, 3.05) is 19.6 Å². The minimum absolute atomic E-state index is 0.0631. The third-order valence-corrected chi connectivity index (χ3v) is 6.56. The number of amides is 1. The quantitative estimate of drug-likeness (QED) is 0.765. The zero-order chi connectivity index (χ0) is 20.2. The van der Waals surface area contributed by atoms with Gasteiger partial charge in [0.1, 0.15) is 0 Å². The first-order chi connectivity index (χ1) is 14.2. The highest BCUT2D eigenvalue weighted by Crippen LogP contribution is 2.32. The summed E-state index contributed by atoms with van der Waals surface area (Å²) in [6.07, 6.45) is 5.15. The summed E-state index contributed by atoms with van der Waals surface area (Å²) in [7, 11) is 0. The van der Waals surface area contributed by atoms with Crippen molar-refractivity contribution < 1.29 is 9.59 Å². The number of carbonyl (C=O) groups excluding carboxylic acids is 2. The molecule has 2 aromatic rings. The normalized spacial score (nSPS) is 21.1. The Morgan fingerprint density at radius 3 is 2.45 bits per heavy atom. The number of fused-ring (bicyclic) bond motifs is 1. The lowest BCUT2D eigenvalue weighted by atomic mass is 9.89. The molecule has 2 aromatic carbocycles. The van der Waals surface area contributed by atoms with Crippen LogP contribution in [0.3, 0.4) is 0 Å². The molecule has 0 saturated carbocycles. The minimum atomic E-state index is 0.0631. The molecule has 0 bridgehead atoms. The molecular formula is C25H30N2O2. The van der Waals surface area contributed by atoms with Crippen LogP contribution in [0.5, 0.6) is 0 Å². The lowest BCUT2D eigenvalue weighted by Crippen LogP contribution is -2.30. The Kier molecular flexibility index (Phi) is 6.10. The molecule has 2 N–H and O–H groups in total.